The first-order valence-electron chi connectivity index (χ1n) is 9.16. The molecule has 0 heterocycles. The first-order chi connectivity index (χ1) is 12.3. The first kappa shape index (κ1) is 19.1. The number of rotatable bonds is 4. The second-order valence-electron chi connectivity index (χ2n) is 7.45. The molecule has 6 heteroatoms. The molecule has 5 nitrogen and oxygen atoms in total. The molecule has 2 aliphatic carbocycles. The molecule has 0 spiro atoms. The molecule has 1 unspecified atom stereocenters. The molecule has 0 radical (unpaired) electrons. The molecule has 1 aromatic rings. The number of ketones is 1. The third kappa shape index (κ3) is 4.17. The summed E-state index contributed by atoms with van der Waals surface area (Å²) in [6.07, 6.45) is 3.05. The number of amides is 1. The van der Waals surface area contributed by atoms with E-state index >= 15 is 0 Å². The van der Waals surface area contributed by atoms with Crippen LogP contribution in [0.3, 0.4) is 0 Å². The fourth-order valence-corrected chi connectivity index (χ4v) is 4.54. The molecule has 4 atom stereocenters. The number of hydrogen-bond acceptors (Lipinski definition) is 4. The minimum absolute atomic E-state index is 0.00676. The van der Waals surface area contributed by atoms with Gasteiger partial charge in [0.1, 0.15) is 5.78 Å². The Morgan fingerprint density at radius 1 is 1.23 bits per heavy atom. The first-order valence-corrected chi connectivity index (χ1v) is 9.95. The Balaban J connectivity index is 1.57. The molecule has 2 bridgehead atoms. The van der Waals surface area contributed by atoms with Crippen LogP contribution in [0.1, 0.15) is 44.6 Å². The number of aryl methyl sites for hydroxylation is 1. The summed E-state index contributed by atoms with van der Waals surface area (Å²) >= 11 is 3.42. The lowest BCUT2D eigenvalue weighted by Crippen LogP contribution is -2.41. The zero-order valence-electron chi connectivity index (χ0n) is 15.1. The standard InChI is InChI=1S/C20H24BrNO4/c1-11-6-7-17(16(21)8-11)22-19(24)12(2)26-20(25)15-9-13-4-3-5-14(10-15)18(13)23/h6-8,12-15H,3-5,9-10H2,1-2H3,(H,22,24)/t12-,13-,14+,15?/m1/s1. The van der Waals surface area contributed by atoms with Crippen LogP contribution < -0.4 is 5.32 Å². The van der Waals surface area contributed by atoms with Crippen molar-refractivity contribution in [3.8, 4) is 0 Å². The third-order valence-electron chi connectivity index (χ3n) is 5.43. The van der Waals surface area contributed by atoms with Gasteiger partial charge in [0.05, 0.1) is 11.6 Å². The number of carbonyl (C=O) groups is 3. The number of ether oxygens (including phenoxy) is 1. The number of benzene rings is 1. The van der Waals surface area contributed by atoms with Crippen molar-refractivity contribution < 1.29 is 19.1 Å². The van der Waals surface area contributed by atoms with Crippen molar-refractivity contribution in [1.29, 1.82) is 0 Å². The van der Waals surface area contributed by atoms with E-state index in [9.17, 15) is 14.4 Å². The van der Waals surface area contributed by atoms with Crippen LogP contribution in [-0.2, 0) is 19.1 Å². The van der Waals surface area contributed by atoms with Crippen LogP contribution in [0.4, 0.5) is 5.69 Å². The molecule has 3 rings (SSSR count). The highest BCUT2D eigenvalue weighted by Gasteiger charge is 2.42. The monoisotopic (exact) mass is 421 g/mol. The van der Waals surface area contributed by atoms with Crippen LogP contribution in [-0.4, -0.2) is 23.8 Å². The Morgan fingerprint density at radius 2 is 1.88 bits per heavy atom. The van der Waals surface area contributed by atoms with Gasteiger partial charge in [-0.15, -0.1) is 0 Å². The Labute approximate surface area is 162 Å². The van der Waals surface area contributed by atoms with Crippen molar-refractivity contribution in [1.82, 2.24) is 0 Å². The van der Waals surface area contributed by atoms with Crippen LogP contribution in [0.2, 0.25) is 0 Å². The number of halogens is 1. The number of hydrogen-bond donors (Lipinski definition) is 1. The van der Waals surface area contributed by atoms with E-state index in [1.807, 2.05) is 19.1 Å². The van der Waals surface area contributed by atoms with E-state index in [0.717, 1.165) is 29.3 Å². The van der Waals surface area contributed by atoms with Gasteiger partial charge < -0.3 is 10.1 Å². The summed E-state index contributed by atoms with van der Waals surface area (Å²) in [6, 6.07) is 5.61. The Morgan fingerprint density at radius 3 is 2.50 bits per heavy atom. The second kappa shape index (κ2) is 7.91. The van der Waals surface area contributed by atoms with Crippen molar-refractivity contribution in [2.45, 2.75) is 52.1 Å². The smallest absolute Gasteiger partial charge is 0.309 e. The molecule has 2 fully saturated rings. The van der Waals surface area contributed by atoms with E-state index in [1.54, 1.807) is 13.0 Å². The maximum absolute atomic E-state index is 12.5. The van der Waals surface area contributed by atoms with Gasteiger partial charge in [0, 0.05) is 16.3 Å². The fraction of sp³-hybridized carbons (Fsp3) is 0.550. The summed E-state index contributed by atoms with van der Waals surface area (Å²) in [5.74, 6) is -0.699. The highest BCUT2D eigenvalue weighted by atomic mass is 79.9. The van der Waals surface area contributed by atoms with E-state index in [2.05, 4.69) is 21.2 Å². The minimum atomic E-state index is -0.881. The lowest BCUT2D eigenvalue weighted by molar-refractivity contribution is -0.161. The molecule has 1 N–H and O–H groups in total. The average molecular weight is 422 g/mol. The second-order valence-corrected chi connectivity index (χ2v) is 8.30. The molecule has 1 aromatic carbocycles. The number of nitrogens with one attached hydrogen (secondary N) is 1. The Bertz CT molecular complexity index is 717. The number of anilines is 1. The zero-order chi connectivity index (χ0) is 18.8. The summed E-state index contributed by atoms with van der Waals surface area (Å²) in [7, 11) is 0. The van der Waals surface area contributed by atoms with Crippen LogP contribution in [0.25, 0.3) is 0 Å². The molecule has 26 heavy (non-hydrogen) atoms. The van der Waals surface area contributed by atoms with Gasteiger partial charge >= 0.3 is 5.97 Å². The van der Waals surface area contributed by atoms with E-state index in [0.29, 0.717) is 24.3 Å². The summed E-state index contributed by atoms with van der Waals surface area (Å²) < 4.78 is 6.19. The lowest BCUT2D eigenvalue weighted by Gasteiger charge is -2.36. The van der Waals surface area contributed by atoms with Crippen molar-refractivity contribution in [3.05, 3.63) is 28.2 Å². The van der Waals surface area contributed by atoms with Gasteiger partial charge in [0.15, 0.2) is 6.10 Å². The van der Waals surface area contributed by atoms with Gasteiger partial charge in [0.25, 0.3) is 5.91 Å². The summed E-state index contributed by atoms with van der Waals surface area (Å²) in [6.45, 7) is 3.54. The lowest BCUT2D eigenvalue weighted by atomic mass is 9.67. The summed E-state index contributed by atoms with van der Waals surface area (Å²) in [4.78, 5) is 37.0. The normalized spacial score (nSPS) is 26.1. The van der Waals surface area contributed by atoms with Crippen molar-refractivity contribution in [3.63, 3.8) is 0 Å². The molecular weight excluding hydrogens is 398 g/mol. The largest absolute Gasteiger partial charge is 0.452 e. The van der Waals surface area contributed by atoms with Gasteiger partial charge in [-0.2, -0.15) is 0 Å². The summed E-state index contributed by atoms with van der Waals surface area (Å²) in [5.41, 5.74) is 1.72. The van der Waals surface area contributed by atoms with Crippen molar-refractivity contribution in [2.24, 2.45) is 17.8 Å². The predicted octanol–water partition coefficient (Wildman–Crippen LogP) is 4.02. The van der Waals surface area contributed by atoms with Gasteiger partial charge in [-0.05, 0) is 73.2 Å². The maximum Gasteiger partial charge on any atom is 0.309 e. The topological polar surface area (TPSA) is 72.5 Å². The maximum atomic E-state index is 12.5. The quantitative estimate of drug-likeness (QED) is 0.744. The van der Waals surface area contributed by atoms with Crippen LogP contribution in [0.15, 0.2) is 22.7 Å². The van der Waals surface area contributed by atoms with Crippen molar-refractivity contribution in [2.75, 3.05) is 5.32 Å². The van der Waals surface area contributed by atoms with Gasteiger partial charge in [-0.3, -0.25) is 14.4 Å². The predicted molar refractivity (Wildman–Crippen MR) is 102 cm³/mol. The molecule has 0 aliphatic heterocycles. The fourth-order valence-electron chi connectivity index (χ4n) is 3.95. The molecule has 2 aliphatic rings. The number of carbonyl (C=O) groups excluding carboxylic acids is 3. The number of esters is 1. The van der Waals surface area contributed by atoms with E-state index in [4.69, 9.17) is 4.74 Å². The van der Waals surface area contributed by atoms with Crippen molar-refractivity contribution >= 4 is 39.3 Å². The highest BCUT2D eigenvalue weighted by molar-refractivity contribution is 9.10. The van der Waals surface area contributed by atoms with Gasteiger partial charge in [-0.1, -0.05) is 12.5 Å². The Hall–Kier alpha value is -1.69. The van der Waals surface area contributed by atoms with Gasteiger partial charge in [-0.25, -0.2) is 0 Å². The van der Waals surface area contributed by atoms with E-state index in [1.165, 1.54) is 0 Å². The third-order valence-corrected chi connectivity index (χ3v) is 6.08. The van der Waals surface area contributed by atoms with Crippen LogP contribution in [0.5, 0.6) is 0 Å². The molecule has 0 aromatic heterocycles. The SMILES string of the molecule is Cc1ccc(NC(=O)[C@@H](C)OC(=O)C2C[C@H]3CCC[C@@H](C2)C3=O)c(Br)c1. The number of Topliss-reactive ketones (excluding diaryl/α,β-unsaturated/α-hetero) is 1. The molecule has 2 saturated carbocycles. The number of fused-ring (bicyclic) bond motifs is 2. The molecule has 0 saturated heterocycles. The average Bonchev–Trinajstić information content (AvgIpc) is 2.56. The highest BCUT2D eigenvalue weighted by Crippen LogP contribution is 2.40. The van der Waals surface area contributed by atoms with Crippen LogP contribution in [0, 0.1) is 24.7 Å². The van der Waals surface area contributed by atoms with Gasteiger partial charge in [0.2, 0.25) is 0 Å². The van der Waals surface area contributed by atoms with E-state index < -0.39 is 6.10 Å². The molecule has 140 valence electrons. The Kier molecular flexibility index (Phi) is 5.80. The van der Waals surface area contributed by atoms with E-state index in [-0.39, 0.29) is 29.6 Å². The van der Waals surface area contributed by atoms with Crippen LogP contribution >= 0.6 is 15.9 Å². The molecular formula is C20H24BrNO4. The summed E-state index contributed by atoms with van der Waals surface area (Å²) in [5, 5.41) is 2.78. The minimum Gasteiger partial charge on any atom is -0.452 e. The zero-order valence-corrected chi connectivity index (χ0v) is 16.7. The molecule has 1 amide bonds.